The van der Waals surface area contributed by atoms with E-state index in [0.717, 1.165) is 69.9 Å². The van der Waals surface area contributed by atoms with Crippen molar-refractivity contribution in [3.05, 3.63) is 16.7 Å². The Balaban J connectivity index is 0.00000105. The van der Waals surface area contributed by atoms with Crippen molar-refractivity contribution < 1.29 is 9.13 Å². The summed E-state index contributed by atoms with van der Waals surface area (Å²) in [6.07, 6.45) is 6.34. The van der Waals surface area contributed by atoms with Gasteiger partial charge in [-0.1, -0.05) is 25.4 Å². The molecule has 0 spiro atoms. The van der Waals surface area contributed by atoms with Crippen LogP contribution in [0.5, 0.6) is 6.01 Å². The van der Waals surface area contributed by atoms with Gasteiger partial charge in [0.1, 0.15) is 17.9 Å². The molecular weight excluding hydrogens is 431 g/mol. The molecule has 0 amide bonds. The maximum Gasteiger partial charge on any atom is 0.319 e. The fourth-order valence-electron chi connectivity index (χ4n) is 5.89. The van der Waals surface area contributed by atoms with Gasteiger partial charge in [0.05, 0.1) is 16.6 Å². The van der Waals surface area contributed by atoms with E-state index < -0.39 is 5.82 Å². The van der Waals surface area contributed by atoms with Crippen LogP contribution in [-0.2, 0) is 6.42 Å². The van der Waals surface area contributed by atoms with Crippen molar-refractivity contribution in [3.63, 3.8) is 0 Å². The number of nitrogens with zero attached hydrogens (tertiary/aromatic N) is 5. The molecule has 1 atom stereocenters. The molecule has 7 nitrogen and oxygen atoms in total. The lowest BCUT2D eigenvalue weighted by Gasteiger charge is -2.36. The molecule has 2 aromatic heterocycles. The fourth-order valence-corrected chi connectivity index (χ4v) is 6.08. The van der Waals surface area contributed by atoms with E-state index in [9.17, 15) is 0 Å². The molecule has 0 aromatic carbocycles. The molecule has 0 saturated carbocycles. The quantitative estimate of drug-likeness (QED) is 0.699. The smallest absolute Gasteiger partial charge is 0.319 e. The third kappa shape index (κ3) is 3.60. The van der Waals surface area contributed by atoms with Gasteiger partial charge in [-0.15, -0.1) is 0 Å². The van der Waals surface area contributed by atoms with E-state index >= 15 is 4.39 Å². The summed E-state index contributed by atoms with van der Waals surface area (Å²) >= 11 is 6.14. The third-order valence-corrected chi connectivity index (χ3v) is 7.65. The van der Waals surface area contributed by atoms with Gasteiger partial charge in [-0.3, -0.25) is 4.90 Å². The van der Waals surface area contributed by atoms with Gasteiger partial charge in [-0.25, -0.2) is 9.37 Å². The molecule has 0 radical (unpaired) electrons. The first-order valence-corrected chi connectivity index (χ1v) is 12.4. The summed E-state index contributed by atoms with van der Waals surface area (Å²) in [5.74, 6) is 0.156. The van der Waals surface area contributed by atoms with Crippen LogP contribution >= 0.6 is 11.6 Å². The van der Waals surface area contributed by atoms with E-state index in [1.165, 1.54) is 12.8 Å². The molecule has 1 N–H and O–H groups in total. The number of ether oxygens (including phenoxy) is 1. The Morgan fingerprint density at radius 2 is 1.94 bits per heavy atom. The van der Waals surface area contributed by atoms with Crippen LogP contribution in [0.15, 0.2) is 0 Å². The summed E-state index contributed by atoms with van der Waals surface area (Å²) in [5, 5.41) is 4.02. The Kier molecular flexibility index (Phi) is 6.11. The number of rotatable bonds is 3. The van der Waals surface area contributed by atoms with Crippen LogP contribution in [-0.4, -0.2) is 70.8 Å². The summed E-state index contributed by atoms with van der Waals surface area (Å²) < 4.78 is 21.2. The van der Waals surface area contributed by atoms with E-state index in [1.54, 1.807) is 0 Å². The van der Waals surface area contributed by atoms with E-state index in [2.05, 4.69) is 25.1 Å². The second-order valence-corrected chi connectivity index (χ2v) is 9.37. The van der Waals surface area contributed by atoms with Gasteiger partial charge in [0.15, 0.2) is 11.0 Å². The molecule has 3 fully saturated rings. The normalized spacial score (nSPS) is 23.9. The predicted octanol–water partition coefficient (Wildman–Crippen LogP) is 3.58. The van der Waals surface area contributed by atoms with Crippen LogP contribution in [0.4, 0.5) is 10.2 Å². The SMILES string of the molecule is CC.Fc1c(Cl)nc2c3c(nc(OCC45CCCN4CCC5)nc13)N1CCNCC1CC2. The van der Waals surface area contributed by atoms with E-state index in [-0.39, 0.29) is 22.2 Å². The summed E-state index contributed by atoms with van der Waals surface area (Å²) in [6, 6.07) is 0.538. The number of hydrogen-bond donors (Lipinski definition) is 1. The summed E-state index contributed by atoms with van der Waals surface area (Å²) in [7, 11) is 0. The van der Waals surface area contributed by atoms with E-state index in [1.807, 2.05) is 13.8 Å². The lowest BCUT2D eigenvalue weighted by Crippen LogP contribution is -2.51. The van der Waals surface area contributed by atoms with Crippen molar-refractivity contribution in [2.45, 2.75) is 64.0 Å². The topological polar surface area (TPSA) is 66.4 Å². The van der Waals surface area contributed by atoms with Gasteiger partial charge in [0.2, 0.25) is 0 Å². The molecule has 174 valence electrons. The van der Waals surface area contributed by atoms with Crippen molar-refractivity contribution in [2.24, 2.45) is 0 Å². The summed E-state index contributed by atoms with van der Waals surface area (Å²) in [6.45, 7) is 9.39. The monoisotopic (exact) mass is 462 g/mol. The van der Waals surface area contributed by atoms with Crippen LogP contribution in [0.2, 0.25) is 5.15 Å². The van der Waals surface area contributed by atoms with Crippen molar-refractivity contribution in [3.8, 4) is 6.01 Å². The largest absolute Gasteiger partial charge is 0.461 e. The number of aromatic nitrogens is 3. The van der Waals surface area contributed by atoms with Crippen LogP contribution in [0.3, 0.4) is 0 Å². The van der Waals surface area contributed by atoms with Crippen molar-refractivity contribution in [1.82, 2.24) is 25.2 Å². The number of pyridine rings is 1. The molecule has 9 heteroatoms. The highest BCUT2D eigenvalue weighted by Crippen LogP contribution is 2.40. The first kappa shape index (κ1) is 22.0. The average Bonchev–Trinajstić information content (AvgIpc) is 3.36. The minimum atomic E-state index is -0.584. The maximum atomic E-state index is 15.0. The number of anilines is 1. The molecular formula is C23H32ClFN6O. The van der Waals surface area contributed by atoms with Gasteiger partial charge < -0.3 is 15.0 Å². The highest BCUT2D eigenvalue weighted by Gasteiger charge is 2.45. The lowest BCUT2D eigenvalue weighted by atomic mass is 9.95. The summed E-state index contributed by atoms with van der Waals surface area (Å²) in [5.41, 5.74) is 1.10. The van der Waals surface area contributed by atoms with Gasteiger partial charge in [-0.2, -0.15) is 9.97 Å². The number of halogens is 2. The van der Waals surface area contributed by atoms with Crippen molar-refractivity contribution >= 4 is 28.3 Å². The van der Waals surface area contributed by atoms with Crippen LogP contribution in [0.25, 0.3) is 10.9 Å². The highest BCUT2D eigenvalue weighted by molar-refractivity contribution is 6.30. The van der Waals surface area contributed by atoms with Gasteiger partial charge in [0, 0.05) is 25.7 Å². The molecule has 0 bridgehead atoms. The minimum absolute atomic E-state index is 0.0869. The fraction of sp³-hybridized carbons (Fsp3) is 0.696. The first-order chi connectivity index (χ1) is 15.6. The van der Waals surface area contributed by atoms with Crippen molar-refractivity contribution in [1.29, 1.82) is 0 Å². The molecule has 0 aliphatic carbocycles. The lowest BCUT2D eigenvalue weighted by molar-refractivity contribution is 0.108. The molecule has 4 aliphatic heterocycles. The Morgan fingerprint density at radius 3 is 2.72 bits per heavy atom. The molecule has 6 rings (SSSR count). The molecule has 32 heavy (non-hydrogen) atoms. The van der Waals surface area contributed by atoms with Crippen LogP contribution in [0, 0.1) is 5.82 Å². The number of aryl methyl sites for hydroxylation is 1. The number of fused-ring (bicyclic) bond motifs is 3. The van der Waals surface area contributed by atoms with Gasteiger partial charge >= 0.3 is 6.01 Å². The minimum Gasteiger partial charge on any atom is -0.461 e. The standard InChI is InChI=1S/C21H26ClFN6O.C2H6/c22-18-16(23)17-15-14(25-18)4-3-13-11-24-7-10-29(13)19(15)27-20(26-17)30-12-21-5-1-8-28(21)9-2-6-21;1-2/h13,24H,1-12H2;1-2H3. The Labute approximate surface area is 193 Å². The second-order valence-electron chi connectivity index (χ2n) is 9.01. The number of nitrogens with one attached hydrogen (secondary N) is 1. The van der Waals surface area contributed by atoms with Crippen molar-refractivity contribution in [2.75, 3.05) is 44.2 Å². The van der Waals surface area contributed by atoms with Crippen LogP contribution < -0.4 is 15.0 Å². The predicted molar refractivity (Wildman–Crippen MR) is 124 cm³/mol. The zero-order valence-corrected chi connectivity index (χ0v) is 19.7. The van der Waals surface area contributed by atoms with E-state index in [4.69, 9.17) is 21.3 Å². The third-order valence-electron chi connectivity index (χ3n) is 7.40. The van der Waals surface area contributed by atoms with Crippen LogP contribution in [0.1, 0.15) is 51.6 Å². The molecule has 4 aliphatic rings. The molecule has 3 saturated heterocycles. The maximum absolute atomic E-state index is 15.0. The zero-order chi connectivity index (χ0) is 22.3. The molecule has 1 unspecified atom stereocenters. The molecule has 6 heterocycles. The Hall–Kier alpha value is -1.77. The van der Waals surface area contributed by atoms with Gasteiger partial charge in [0.25, 0.3) is 0 Å². The average molecular weight is 463 g/mol. The number of piperazine rings is 1. The Bertz CT molecular complexity index is 994. The first-order valence-electron chi connectivity index (χ1n) is 12.1. The Morgan fingerprint density at radius 1 is 1.16 bits per heavy atom. The summed E-state index contributed by atoms with van der Waals surface area (Å²) in [4.78, 5) is 18.5. The van der Waals surface area contributed by atoms with E-state index in [0.29, 0.717) is 18.0 Å². The zero-order valence-electron chi connectivity index (χ0n) is 19.0. The number of hydrogen-bond acceptors (Lipinski definition) is 7. The van der Waals surface area contributed by atoms with Gasteiger partial charge in [-0.05, 0) is 51.6 Å². The molecule has 2 aromatic rings. The highest BCUT2D eigenvalue weighted by atomic mass is 35.5. The second kappa shape index (κ2) is 8.88.